The lowest BCUT2D eigenvalue weighted by Gasteiger charge is -2.22. The first-order valence-corrected chi connectivity index (χ1v) is 11.1. The first-order valence-electron chi connectivity index (χ1n) is 9.66. The summed E-state index contributed by atoms with van der Waals surface area (Å²) >= 11 is 0. The summed E-state index contributed by atoms with van der Waals surface area (Å²) in [6, 6.07) is 12.7. The van der Waals surface area contributed by atoms with Gasteiger partial charge in [-0.3, -0.25) is 4.31 Å². The van der Waals surface area contributed by atoms with Gasteiger partial charge in [0.15, 0.2) is 0 Å². The second-order valence-corrected chi connectivity index (χ2v) is 8.54. The SMILES string of the molecule is CCOCCCNC1c2ccccc2N(C)S(=O)(=O)c2cc(OCC)ccc21. The highest BCUT2D eigenvalue weighted by molar-refractivity contribution is 7.92. The molecule has 0 aromatic heterocycles. The Bertz CT molecular complexity index is 914. The van der Waals surface area contributed by atoms with Crippen LogP contribution in [0.2, 0.25) is 0 Å². The Morgan fingerprint density at radius 1 is 1.07 bits per heavy atom. The molecule has 1 aliphatic rings. The van der Waals surface area contributed by atoms with E-state index in [-0.39, 0.29) is 10.9 Å². The third-order valence-corrected chi connectivity index (χ3v) is 6.68. The first kappa shape index (κ1) is 20.6. The van der Waals surface area contributed by atoms with E-state index in [9.17, 15) is 8.42 Å². The minimum absolute atomic E-state index is 0.233. The number of fused-ring (bicyclic) bond motifs is 2. The molecule has 0 amide bonds. The highest BCUT2D eigenvalue weighted by Crippen LogP contribution is 2.41. The zero-order chi connectivity index (χ0) is 20.1. The number of anilines is 1. The van der Waals surface area contributed by atoms with Gasteiger partial charge in [-0.25, -0.2) is 8.42 Å². The number of nitrogens with one attached hydrogen (secondary N) is 1. The predicted octanol–water partition coefficient (Wildman–Crippen LogP) is 3.33. The van der Waals surface area contributed by atoms with Crippen molar-refractivity contribution in [2.75, 3.05) is 37.7 Å². The molecular formula is C21H28N2O4S. The Hall–Kier alpha value is -2.09. The average Bonchev–Trinajstić information content (AvgIpc) is 2.76. The summed E-state index contributed by atoms with van der Waals surface area (Å²) in [5.74, 6) is 0.555. The third-order valence-electron chi connectivity index (χ3n) is 4.85. The number of nitrogens with zero attached hydrogens (tertiary/aromatic N) is 1. The van der Waals surface area contributed by atoms with Crippen molar-refractivity contribution in [2.24, 2.45) is 0 Å². The Labute approximate surface area is 167 Å². The quantitative estimate of drug-likeness (QED) is 0.684. The van der Waals surface area contributed by atoms with Gasteiger partial charge in [0.2, 0.25) is 0 Å². The van der Waals surface area contributed by atoms with Crippen LogP contribution in [0.25, 0.3) is 0 Å². The monoisotopic (exact) mass is 404 g/mol. The van der Waals surface area contributed by atoms with Crippen molar-refractivity contribution in [3.05, 3.63) is 53.6 Å². The molecule has 0 radical (unpaired) electrons. The summed E-state index contributed by atoms with van der Waals surface area (Å²) in [4.78, 5) is 0.277. The van der Waals surface area contributed by atoms with E-state index in [1.807, 2.05) is 50.2 Å². The summed E-state index contributed by atoms with van der Waals surface area (Å²) in [6.45, 7) is 6.42. The number of hydrogen-bond donors (Lipinski definition) is 1. The molecule has 6 nitrogen and oxygen atoms in total. The summed E-state index contributed by atoms with van der Waals surface area (Å²) in [5.41, 5.74) is 2.35. The van der Waals surface area contributed by atoms with Gasteiger partial charge in [0.1, 0.15) is 5.75 Å². The molecule has 28 heavy (non-hydrogen) atoms. The van der Waals surface area contributed by atoms with Gasteiger partial charge in [-0.15, -0.1) is 0 Å². The Morgan fingerprint density at radius 3 is 2.61 bits per heavy atom. The summed E-state index contributed by atoms with van der Waals surface area (Å²) in [5, 5.41) is 3.53. The Balaban J connectivity index is 2.07. The van der Waals surface area contributed by atoms with E-state index in [0.29, 0.717) is 31.3 Å². The first-order chi connectivity index (χ1) is 13.5. The molecule has 1 unspecified atom stereocenters. The number of hydrogen-bond acceptors (Lipinski definition) is 5. The summed E-state index contributed by atoms with van der Waals surface area (Å²) in [6.07, 6.45) is 0.849. The van der Waals surface area contributed by atoms with E-state index in [4.69, 9.17) is 9.47 Å². The second-order valence-electron chi connectivity index (χ2n) is 6.60. The van der Waals surface area contributed by atoms with E-state index in [1.165, 1.54) is 4.31 Å². The number of ether oxygens (including phenoxy) is 2. The molecule has 3 rings (SSSR count). The molecule has 0 saturated carbocycles. The highest BCUT2D eigenvalue weighted by Gasteiger charge is 2.35. The largest absolute Gasteiger partial charge is 0.494 e. The smallest absolute Gasteiger partial charge is 0.264 e. The molecule has 1 heterocycles. The van der Waals surface area contributed by atoms with Crippen molar-refractivity contribution in [1.82, 2.24) is 5.32 Å². The van der Waals surface area contributed by atoms with Crippen molar-refractivity contribution in [3.63, 3.8) is 0 Å². The van der Waals surface area contributed by atoms with Crippen molar-refractivity contribution in [3.8, 4) is 5.75 Å². The van der Waals surface area contributed by atoms with Gasteiger partial charge in [0, 0.05) is 26.3 Å². The molecule has 152 valence electrons. The van der Waals surface area contributed by atoms with Crippen molar-refractivity contribution in [2.45, 2.75) is 31.2 Å². The molecule has 1 aliphatic heterocycles. The van der Waals surface area contributed by atoms with Gasteiger partial charge in [-0.2, -0.15) is 0 Å². The third kappa shape index (κ3) is 4.01. The lowest BCUT2D eigenvalue weighted by Crippen LogP contribution is -2.26. The molecule has 0 saturated heterocycles. The highest BCUT2D eigenvalue weighted by atomic mass is 32.2. The van der Waals surface area contributed by atoms with E-state index in [2.05, 4.69) is 5.32 Å². The fraction of sp³-hybridized carbons (Fsp3) is 0.429. The maximum Gasteiger partial charge on any atom is 0.264 e. The lowest BCUT2D eigenvalue weighted by atomic mass is 9.96. The maximum atomic E-state index is 13.3. The van der Waals surface area contributed by atoms with Crippen LogP contribution in [-0.2, 0) is 14.8 Å². The van der Waals surface area contributed by atoms with Gasteiger partial charge in [0.25, 0.3) is 10.0 Å². The fourth-order valence-electron chi connectivity index (χ4n) is 3.48. The zero-order valence-corrected chi connectivity index (χ0v) is 17.5. The molecule has 1 atom stereocenters. The topological polar surface area (TPSA) is 67.9 Å². The number of sulfonamides is 1. The number of rotatable bonds is 8. The van der Waals surface area contributed by atoms with Crippen LogP contribution in [-0.4, -0.2) is 41.8 Å². The van der Waals surface area contributed by atoms with Crippen molar-refractivity contribution >= 4 is 15.7 Å². The number of benzene rings is 2. The predicted molar refractivity (Wildman–Crippen MR) is 111 cm³/mol. The van der Waals surface area contributed by atoms with Crippen LogP contribution in [0.15, 0.2) is 47.4 Å². The molecule has 0 bridgehead atoms. The van der Waals surface area contributed by atoms with Crippen molar-refractivity contribution in [1.29, 1.82) is 0 Å². The lowest BCUT2D eigenvalue weighted by molar-refractivity contribution is 0.144. The molecule has 7 heteroatoms. The standard InChI is InChI=1S/C21H28N2O4S/c1-4-26-14-8-13-22-21-17-9-6-7-10-19(17)23(3)28(24,25)20-15-16(27-5-2)11-12-18(20)21/h6-7,9-12,15,21-22H,4-5,8,13-14H2,1-3H3. The Morgan fingerprint density at radius 2 is 1.86 bits per heavy atom. The van der Waals surface area contributed by atoms with E-state index >= 15 is 0 Å². The van der Waals surface area contributed by atoms with Gasteiger partial charge in [0.05, 0.1) is 23.2 Å². The van der Waals surface area contributed by atoms with Crippen LogP contribution in [0.3, 0.4) is 0 Å². The van der Waals surface area contributed by atoms with Gasteiger partial charge < -0.3 is 14.8 Å². The summed E-state index contributed by atoms with van der Waals surface area (Å²) in [7, 11) is -2.09. The van der Waals surface area contributed by atoms with E-state index in [1.54, 1.807) is 13.1 Å². The van der Waals surface area contributed by atoms with Crippen LogP contribution in [0.1, 0.15) is 37.4 Å². The Kier molecular flexibility index (Phi) is 6.59. The molecule has 0 aliphatic carbocycles. The van der Waals surface area contributed by atoms with Crippen LogP contribution >= 0.6 is 0 Å². The van der Waals surface area contributed by atoms with Gasteiger partial charge in [-0.1, -0.05) is 24.3 Å². The van der Waals surface area contributed by atoms with E-state index < -0.39 is 10.0 Å². The van der Waals surface area contributed by atoms with Crippen LogP contribution in [0.5, 0.6) is 5.75 Å². The molecule has 2 aromatic carbocycles. The van der Waals surface area contributed by atoms with Gasteiger partial charge in [-0.05, 0) is 50.1 Å². The molecule has 0 fully saturated rings. The molecule has 2 aromatic rings. The van der Waals surface area contributed by atoms with Crippen LogP contribution in [0, 0.1) is 0 Å². The normalized spacial score (nSPS) is 17.5. The molecule has 1 N–H and O–H groups in total. The molecular weight excluding hydrogens is 376 g/mol. The minimum atomic E-state index is -3.69. The van der Waals surface area contributed by atoms with E-state index in [0.717, 1.165) is 24.1 Å². The second kappa shape index (κ2) is 8.94. The molecule has 0 spiro atoms. The minimum Gasteiger partial charge on any atom is -0.494 e. The average molecular weight is 405 g/mol. The van der Waals surface area contributed by atoms with Gasteiger partial charge >= 0.3 is 0 Å². The maximum absolute atomic E-state index is 13.3. The van der Waals surface area contributed by atoms with Crippen LogP contribution in [0.4, 0.5) is 5.69 Å². The van der Waals surface area contributed by atoms with Crippen molar-refractivity contribution < 1.29 is 17.9 Å². The zero-order valence-electron chi connectivity index (χ0n) is 16.6. The number of para-hydroxylation sites is 1. The summed E-state index contributed by atoms with van der Waals surface area (Å²) < 4.78 is 39.0. The fourth-order valence-corrected chi connectivity index (χ4v) is 4.95. The van der Waals surface area contributed by atoms with Crippen LogP contribution < -0.4 is 14.4 Å².